The van der Waals surface area contributed by atoms with Gasteiger partial charge >= 0.3 is 0 Å². The predicted octanol–water partition coefficient (Wildman–Crippen LogP) is 0.383. The van der Waals surface area contributed by atoms with E-state index in [0.717, 1.165) is 13.0 Å². The fourth-order valence-electron chi connectivity index (χ4n) is 1.95. The summed E-state index contributed by atoms with van der Waals surface area (Å²) in [6, 6.07) is 0. The third-order valence-electron chi connectivity index (χ3n) is 3.12. The Morgan fingerprint density at radius 2 is 2.08 bits per heavy atom. The van der Waals surface area contributed by atoms with Crippen molar-refractivity contribution < 1.29 is 9.84 Å². The molecule has 1 rings (SSSR count). The summed E-state index contributed by atoms with van der Waals surface area (Å²) < 4.78 is 5.45. The van der Waals surface area contributed by atoms with E-state index in [1.165, 1.54) is 0 Å². The number of aliphatic hydroxyl groups excluding tert-OH is 1. The predicted molar refractivity (Wildman–Crippen MR) is 48.1 cm³/mol. The van der Waals surface area contributed by atoms with Crippen molar-refractivity contribution in [1.82, 2.24) is 5.32 Å². The quantitative estimate of drug-likeness (QED) is 0.648. The van der Waals surface area contributed by atoms with Crippen molar-refractivity contribution >= 4 is 0 Å². The molecule has 3 nitrogen and oxygen atoms in total. The van der Waals surface area contributed by atoms with E-state index in [4.69, 9.17) is 9.84 Å². The zero-order chi connectivity index (χ0) is 9.24. The highest BCUT2D eigenvalue weighted by atomic mass is 16.5. The van der Waals surface area contributed by atoms with Gasteiger partial charge in [-0.25, -0.2) is 0 Å². The molecule has 1 heterocycles. The van der Waals surface area contributed by atoms with E-state index in [2.05, 4.69) is 19.2 Å². The van der Waals surface area contributed by atoms with E-state index in [1.54, 1.807) is 0 Å². The molecular formula is C9H19NO2. The van der Waals surface area contributed by atoms with Gasteiger partial charge in [-0.1, -0.05) is 13.8 Å². The number of hydrogen-bond donors (Lipinski definition) is 2. The molecule has 12 heavy (non-hydrogen) atoms. The molecule has 1 aliphatic heterocycles. The molecule has 0 radical (unpaired) electrons. The fraction of sp³-hybridized carbons (Fsp3) is 1.00. The molecule has 1 unspecified atom stereocenters. The first-order valence-corrected chi connectivity index (χ1v) is 4.45. The Balaban J connectivity index is 2.76. The average molecular weight is 173 g/mol. The topological polar surface area (TPSA) is 41.5 Å². The van der Waals surface area contributed by atoms with Gasteiger partial charge in [-0.3, -0.25) is 0 Å². The number of ether oxygens (including phenoxy) is 1. The molecule has 0 spiro atoms. The molecule has 1 atom stereocenters. The second-order valence-corrected chi connectivity index (χ2v) is 4.18. The van der Waals surface area contributed by atoms with Crippen molar-refractivity contribution in [2.75, 3.05) is 26.9 Å². The Bertz CT molecular complexity index is 159. The second kappa shape index (κ2) is 3.32. The Hall–Kier alpha value is -0.120. The van der Waals surface area contributed by atoms with Gasteiger partial charge in [-0.15, -0.1) is 0 Å². The molecule has 3 heteroatoms. The Morgan fingerprint density at radius 1 is 1.42 bits per heavy atom. The summed E-state index contributed by atoms with van der Waals surface area (Å²) in [5.74, 6) is 0. The smallest absolute Gasteiger partial charge is 0.0655 e. The summed E-state index contributed by atoms with van der Waals surface area (Å²) in [7, 11) is 1.94. The van der Waals surface area contributed by atoms with Gasteiger partial charge in [0.15, 0.2) is 0 Å². The summed E-state index contributed by atoms with van der Waals surface area (Å²) in [5, 5.41) is 12.2. The van der Waals surface area contributed by atoms with Crippen LogP contribution < -0.4 is 5.32 Å². The first kappa shape index (κ1) is 9.96. The van der Waals surface area contributed by atoms with Crippen LogP contribution in [0.4, 0.5) is 0 Å². The second-order valence-electron chi connectivity index (χ2n) is 4.18. The number of nitrogens with one attached hydrogen (secondary N) is 1. The largest absolute Gasteiger partial charge is 0.396 e. The number of aliphatic hydroxyl groups is 1. The van der Waals surface area contributed by atoms with E-state index in [0.29, 0.717) is 6.61 Å². The van der Waals surface area contributed by atoms with Crippen LogP contribution in [0.25, 0.3) is 0 Å². The van der Waals surface area contributed by atoms with E-state index in [9.17, 15) is 0 Å². The van der Waals surface area contributed by atoms with Crippen LogP contribution >= 0.6 is 0 Å². The van der Waals surface area contributed by atoms with Crippen LogP contribution in [0.5, 0.6) is 0 Å². The van der Waals surface area contributed by atoms with Crippen LogP contribution in [0, 0.1) is 5.41 Å². The number of likely N-dealkylation sites (N-methyl/N-ethyl adjacent to an activating group) is 1. The first-order chi connectivity index (χ1) is 5.58. The Labute approximate surface area is 74.1 Å². The minimum atomic E-state index is -0.0399. The lowest BCUT2D eigenvalue weighted by atomic mass is 9.73. The van der Waals surface area contributed by atoms with Gasteiger partial charge in [0.2, 0.25) is 0 Å². The van der Waals surface area contributed by atoms with E-state index < -0.39 is 0 Å². The van der Waals surface area contributed by atoms with Gasteiger partial charge in [0.25, 0.3) is 0 Å². The van der Waals surface area contributed by atoms with Crippen LogP contribution in [-0.2, 0) is 4.74 Å². The number of hydrogen-bond acceptors (Lipinski definition) is 3. The van der Waals surface area contributed by atoms with Gasteiger partial charge in [0.05, 0.1) is 18.8 Å². The first-order valence-electron chi connectivity index (χ1n) is 4.45. The van der Waals surface area contributed by atoms with Crippen LogP contribution in [0.1, 0.15) is 20.3 Å². The monoisotopic (exact) mass is 173 g/mol. The van der Waals surface area contributed by atoms with Crippen molar-refractivity contribution in [3.8, 4) is 0 Å². The van der Waals surface area contributed by atoms with Crippen LogP contribution in [0.15, 0.2) is 0 Å². The summed E-state index contributed by atoms with van der Waals surface area (Å²) in [6.45, 7) is 6.04. The van der Waals surface area contributed by atoms with E-state index >= 15 is 0 Å². The lowest BCUT2D eigenvalue weighted by Crippen LogP contribution is -2.54. The van der Waals surface area contributed by atoms with Crippen molar-refractivity contribution in [2.24, 2.45) is 5.41 Å². The molecule has 0 aliphatic carbocycles. The maximum Gasteiger partial charge on any atom is 0.0655 e. The summed E-state index contributed by atoms with van der Waals surface area (Å²) in [4.78, 5) is 0. The maximum absolute atomic E-state index is 8.96. The van der Waals surface area contributed by atoms with E-state index in [-0.39, 0.29) is 17.6 Å². The lowest BCUT2D eigenvalue weighted by Gasteiger charge is -2.39. The van der Waals surface area contributed by atoms with Crippen molar-refractivity contribution in [1.29, 1.82) is 0 Å². The molecular weight excluding hydrogens is 154 g/mol. The molecule has 0 aromatic heterocycles. The zero-order valence-electron chi connectivity index (χ0n) is 8.18. The van der Waals surface area contributed by atoms with Gasteiger partial charge < -0.3 is 15.2 Å². The molecule has 1 aliphatic rings. The van der Waals surface area contributed by atoms with E-state index in [1.807, 2.05) is 7.05 Å². The van der Waals surface area contributed by atoms with Gasteiger partial charge in [0.1, 0.15) is 0 Å². The summed E-state index contributed by atoms with van der Waals surface area (Å²) >= 11 is 0. The molecule has 0 bridgehead atoms. The highest BCUT2D eigenvalue weighted by Crippen LogP contribution is 2.39. The molecule has 1 saturated heterocycles. The minimum absolute atomic E-state index is 0.0399. The third-order valence-corrected chi connectivity index (χ3v) is 3.12. The minimum Gasteiger partial charge on any atom is -0.396 e. The average Bonchev–Trinajstić information content (AvgIpc) is 2.29. The van der Waals surface area contributed by atoms with Gasteiger partial charge in [-0.05, 0) is 13.5 Å². The van der Waals surface area contributed by atoms with Crippen molar-refractivity contribution in [3.05, 3.63) is 0 Å². The molecule has 2 N–H and O–H groups in total. The number of rotatable bonds is 3. The van der Waals surface area contributed by atoms with Crippen molar-refractivity contribution in [2.45, 2.75) is 25.8 Å². The molecule has 1 fully saturated rings. The highest BCUT2D eigenvalue weighted by molar-refractivity contribution is 5.03. The molecule has 0 aromatic carbocycles. The van der Waals surface area contributed by atoms with Gasteiger partial charge in [-0.2, -0.15) is 0 Å². The Morgan fingerprint density at radius 3 is 2.42 bits per heavy atom. The fourth-order valence-corrected chi connectivity index (χ4v) is 1.95. The zero-order valence-corrected chi connectivity index (χ0v) is 8.18. The lowest BCUT2D eigenvalue weighted by molar-refractivity contribution is 0.137. The van der Waals surface area contributed by atoms with Gasteiger partial charge in [0, 0.05) is 12.0 Å². The summed E-state index contributed by atoms with van der Waals surface area (Å²) in [6.07, 6.45) is 0.760. The normalized spacial score (nSPS) is 34.0. The van der Waals surface area contributed by atoms with Crippen LogP contribution in [0.2, 0.25) is 0 Å². The molecule has 0 amide bonds. The molecule has 0 saturated carbocycles. The SMILES string of the molecule is CNC1(CCO)COCC1(C)C. The molecule has 0 aromatic rings. The Kier molecular flexibility index (Phi) is 2.76. The standard InChI is InChI=1S/C9H19NO2/c1-8(2)6-12-7-9(8,10-3)4-5-11/h10-11H,4-7H2,1-3H3. The van der Waals surface area contributed by atoms with Crippen LogP contribution in [0.3, 0.4) is 0 Å². The van der Waals surface area contributed by atoms with Crippen LogP contribution in [-0.4, -0.2) is 37.5 Å². The maximum atomic E-state index is 8.96. The van der Waals surface area contributed by atoms with Crippen molar-refractivity contribution in [3.63, 3.8) is 0 Å². The molecule has 72 valence electrons. The third kappa shape index (κ3) is 1.37. The summed E-state index contributed by atoms with van der Waals surface area (Å²) in [5.41, 5.74) is 0.0756. The highest BCUT2D eigenvalue weighted by Gasteiger charge is 2.48.